The average molecular weight is 332 g/mol. The fourth-order valence-electron chi connectivity index (χ4n) is 2.01. The van der Waals surface area contributed by atoms with Crippen LogP contribution in [0.1, 0.15) is 29.8 Å². The van der Waals surface area contributed by atoms with Crippen molar-refractivity contribution in [3.05, 3.63) is 64.7 Å². The van der Waals surface area contributed by atoms with Crippen LogP contribution in [0.5, 0.6) is 5.75 Å². The van der Waals surface area contributed by atoms with E-state index in [-0.39, 0.29) is 11.7 Å². The van der Waals surface area contributed by atoms with Crippen LogP contribution in [0.15, 0.2) is 48.5 Å². The molecule has 5 heteroatoms. The highest BCUT2D eigenvalue weighted by molar-refractivity contribution is 6.31. The lowest BCUT2D eigenvalue weighted by Gasteiger charge is -2.15. The van der Waals surface area contributed by atoms with Gasteiger partial charge in [-0.25, -0.2) is 0 Å². The molecule has 0 radical (unpaired) electrons. The van der Waals surface area contributed by atoms with E-state index in [2.05, 4.69) is 5.32 Å². The van der Waals surface area contributed by atoms with Gasteiger partial charge in [0.1, 0.15) is 5.75 Å². The van der Waals surface area contributed by atoms with E-state index in [0.29, 0.717) is 22.9 Å². The molecule has 2 aromatic rings. The number of halogens is 1. The van der Waals surface area contributed by atoms with E-state index in [4.69, 9.17) is 16.3 Å². The molecule has 0 aliphatic heterocycles. The number of ether oxygens (including phenoxy) is 1. The Bertz CT molecular complexity index is 715. The molecule has 0 aliphatic rings. The minimum atomic E-state index is -0.681. The van der Waals surface area contributed by atoms with Crippen LogP contribution in [-0.2, 0) is 11.3 Å². The second-order valence-electron chi connectivity index (χ2n) is 5.15. The first kappa shape index (κ1) is 17.0. The first-order valence-electron chi connectivity index (χ1n) is 7.26. The fourth-order valence-corrected chi connectivity index (χ4v) is 2.22. The zero-order valence-corrected chi connectivity index (χ0v) is 13.8. The first-order chi connectivity index (χ1) is 11.0. The number of carbonyl (C=O) groups excluding carboxylic acids is 2. The summed E-state index contributed by atoms with van der Waals surface area (Å²) in [6.45, 7) is 3.47. The van der Waals surface area contributed by atoms with Crippen molar-refractivity contribution in [2.75, 3.05) is 0 Å². The normalized spacial score (nSPS) is 11.6. The Labute approximate surface area is 140 Å². The van der Waals surface area contributed by atoms with Gasteiger partial charge < -0.3 is 10.1 Å². The van der Waals surface area contributed by atoms with Crippen LogP contribution < -0.4 is 10.1 Å². The highest BCUT2D eigenvalue weighted by atomic mass is 35.5. The third-order valence-electron chi connectivity index (χ3n) is 3.33. The second-order valence-corrected chi connectivity index (χ2v) is 5.56. The van der Waals surface area contributed by atoms with Gasteiger partial charge in [0.25, 0.3) is 5.91 Å². The molecule has 0 saturated heterocycles. The van der Waals surface area contributed by atoms with E-state index in [1.54, 1.807) is 37.3 Å². The highest BCUT2D eigenvalue weighted by Gasteiger charge is 2.15. The first-order valence-corrected chi connectivity index (χ1v) is 7.64. The maximum atomic E-state index is 12.1. The van der Waals surface area contributed by atoms with Crippen molar-refractivity contribution in [1.29, 1.82) is 0 Å². The Morgan fingerprint density at radius 1 is 1.17 bits per heavy atom. The van der Waals surface area contributed by atoms with E-state index in [1.165, 1.54) is 6.92 Å². The minimum absolute atomic E-state index is 0.0497. The largest absolute Gasteiger partial charge is 0.481 e. The average Bonchev–Trinajstić information content (AvgIpc) is 2.54. The van der Waals surface area contributed by atoms with Crippen LogP contribution in [0.3, 0.4) is 0 Å². The van der Waals surface area contributed by atoms with Crippen LogP contribution in [0.25, 0.3) is 0 Å². The maximum absolute atomic E-state index is 12.1. The number of carbonyl (C=O) groups is 2. The van der Waals surface area contributed by atoms with Crippen LogP contribution in [-0.4, -0.2) is 17.8 Å². The molecule has 23 heavy (non-hydrogen) atoms. The zero-order valence-electron chi connectivity index (χ0n) is 13.0. The van der Waals surface area contributed by atoms with Gasteiger partial charge in [0, 0.05) is 17.1 Å². The number of Topliss-reactive ketones (excluding diaryl/α,β-unsaturated/α-hetero) is 1. The number of amides is 1. The molecule has 0 unspecified atom stereocenters. The Kier molecular flexibility index (Phi) is 5.77. The summed E-state index contributed by atoms with van der Waals surface area (Å²) in [5.74, 6) is 0.183. The zero-order chi connectivity index (χ0) is 16.8. The predicted octanol–water partition coefficient (Wildman–Crippen LogP) is 3.63. The molecule has 4 nitrogen and oxygen atoms in total. The minimum Gasteiger partial charge on any atom is -0.481 e. The van der Waals surface area contributed by atoms with Crippen LogP contribution in [0.2, 0.25) is 5.02 Å². The lowest BCUT2D eigenvalue weighted by molar-refractivity contribution is -0.127. The van der Waals surface area contributed by atoms with Gasteiger partial charge in [-0.3, -0.25) is 9.59 Å². The molecular formula is C18H18ClNO3. The lowest BCUT2D eigenvalue weighted by atomic mass is 10.1. The SMILES string of the molecule is CC(=O)c1cccc(O[C@@H](C)C(=O)NCc2ccccc2Cl)c1. The van der Waals surface area contributed by atoms with Crippen molar-refractivity contribution >= 4 is 23.3 Å². The molecule has 0 saturated carbocycles. The third-order valence-corrected chi connectivity index (χ3v) is 3.70. The van der Waals surface area contributed by atoms with Crippen molar-refractivity contribution in [1.82, 2.24) is 5.32 Å². The van der Waals surface area contributed by atoms with Crippen LogP contribution >= 0.6 is 11.6 Å². The molecule has 0 fully saturated rings. The van der Waals surface area contributed by atoms with Gasteiger partial charge in [0.2, 0.25) is 0 Å². The van der Waals surface area contributed by atoms with Crippen molar-refractivity contribution in [3.63, 3.8) is 0 Å². The number of ketones is 1. The third kappa shape index (κ3) is 4.83. The lowest BCUT2D eigenvalue weighted by Crippen LogP contribution is -2.36. The molecule has 2 rings (SSSR count). The molecule has 1 atom stereocenters. The van der Waals surface area contributed by atoms with Gasteiger partial charge in [-0.15, -0.1) is 0 Å². The molecule has 1 amide bonds. The van der Waals surface area contributed by atoms with Gasteiger partial charge in [0.15, 0.2) is 11.9 Å². The highest BCUT2D eigenvalue weighted by Crippen LogP contribution is 2.16. The molecule has 0 heterocycles. The van der Waals surface area contributed by atoms with E-state index in [9.17, 15) is 9.59 Å². The summed E-state index contributed by atoms with van der Waals surface area (Å²) < 4.78 is 5.59. The quantitative estimate of drug-likeness (QED) is 0.822. The summed E-state index contributed by atoms with van der Waals surface area (Å²) in [6, 6.07) is 14.1. The fraction of sp³-hybridized carbons (Fsp3) is 0.222. The summed E-state index contributed by atoms with van der Waals surface area (Å²) in [5, 5.41) is 3.39. The Morgan fingerprint density at radius 3 is 2.61 bits per heavy atom. The van der Waals surface area contributed by atoms with Crippen molar-refractivity contribution in [2.45, 2.75) is 26.5 Å². The summed E-state index contributed by atoms with van der Waals surface area (Å²) in [6.07, 6.45) is -0.681. The molecular weight excluding hydrogens is 314 g/mol. The van der Waals surface area contributed by atoms with Crippen LogP contribution in [0, 0.1) is 0 Å². The van der Waals surface area contributed by atoms with Crippen molar-refractivity contribution < 1.29 is 14.3 Å². The summed E-state index contributed by atoms with van der Waals surface area (Å²) in [7, 11) is 0. The maximum Gasteiger partial charge on any atom is 0.261 e. The van der Waals surface area contributed by atoms with Crippen molar-refractivity contribution in [2.24, 2.45) is 0 Å². The molecule has 0 aliphatic carbocycles. The molecule has 2 aromatic carbocycles. The summed E-state index contributed by atoms with van der Waals surface area (Å²) in [4.78, 5) is 23.5. The number of hydrogen-bond acceptors (Lipinski definition) is 3. The summed E-state index contributed by atoms with van der Waals surface area (Å²) >= 11 is 6.05. The molecule has 120 valence electrons. The van der Waals surface area contributed by atoms with E-state index in [0.717, 1.165) is 5.56 Å². The van der Waals surface area contributed by atoms with Gasteiger partial charge >= 0.3 is 0 Å². The van der Waals surface area contributed by atoms with Crippen molar-refractivity contribution in [3.8, 4) is 5.75 Å². The summed E-state index contributed by atoms with van der Waals surface area (Å²) in [5.41, 5.74) is 1.39. The monoisotopic (exact) mass is 331 g/mol. The van der Waals surface area contributed by atoms with E-state index in [1.807, 2.05) is 18.2 Å². The standard InChI is InChI=1S/C18H18ClNO3/c1-12(21)14-7-5-8-16(10-14)23-13(2)18(22)20-11-15-6-3-4-9-17(15)19/h3-10,13H,11H2,1-2H3,(H,20,22)/t13-/m0/s1. The Morgan fingerprint density at radius 2 is 1.91 bits per heavy atom. The molecule has 0 spiro atoms. The van der Waals surface area contributed by atoms with Crippen LogP contribution in [0.4, 0.5) is 0 Å². The smallest absolute Gasteiger partial charge is 0.261 e. The van der Waals surface area contributed by atoms with Gasteiger partial charge in [-0.05, 0) is 37.6 Å². The molecule has 1 N–H and O–H groups in total. The number of rotatable bonds is 6. The number of nitrogens with one attached hydrogen (secondary N) is 1. The second kappa shape index (κ2) is 7.79. The Hall–Kier alpha value is -2.33. The van der Waals surface area contributed by atoms with E-state index < -0.39 is 6.10 Å². The Balaban J connectivity index is 1.94. The number of benzene rings is 2. The van der Waals surface area contributed by atoms with Gasteiger partial charge in [-0.2, -0.15) is 0 Å². The molecule has 0 bridgehead atoms. The number of hydrogen-bond donors (Lipinski definition) is 1. The predicted molar refractivity (Wildman–Crippen MR) is 89.8 cm³/mol. The topological polar surface area (TPSA) is 55.4 Å². The molecule has 0 aromatic heterocycles. The van der Waals surface area contributed by atoms with Gasteiger partial charge in [-0.1, -0.05) is 41.9 Å². The van der Waals surface area contributed by atoms with E-state index >= 15 is 0 Å². The van der Waals surface area contributed by atoms with Gasteiger partial charge in [0.05, 0.1) is 0 Å².